The number of hydrogen-bond donors (Lipinski definition) is 1. The predicted molar refractivity (Wildman–Crippen MR) is 98.0 cm³/mol. The van der Waals surface area contributed by atoms with Crippen LogP contribution in [-0.4, -0.2) is 28.4 Å². The summed E-state index contributed by atoms with van der Waals surface area (Å²) in [5, 5.41) is 3.71. The van der Waals surface area contributed by atoms with Gasteiger partial charge in [-0.3, -0.25) is 14.2 Å². The molecule has 1 N–H and O–H groups in total. The van der Waals surface area contributed by atoms with Gasteiger partial charge in [0.1, 0.15) is 18.0 Å². The molecule has 138 valence electrons. The zero-order valence-electron chi connectivity index (χ0n) is 14.6. The molecule has 6 nitrogen and oxygen atoms in total. The molecule has 3 rings (SSSR count). The predicted octanol–water partition coefficient (Wildman–Crippen LogP) is 2.77. The zero-order valence-corrected chi connectivity index (χ0v) is 15.4. The van der Waals surface area contributed by atoms with E-state index >= 15 is 0 Å². The number of rotatable bonds is 5. The van der Waals surface area contributed by atoms with Gasteiger partial charge in [-0.15, -0.1) is 0 Å². The van der Waals surface area contributed by atoms with Gasteiger partial charge in [-0.1, -0.05) is 23.9 Å². The monoisotopic (exact) mass is 377 g/mol. The molecule has 2 aromatic rings. The molecular formula is C18H20FN3O3S. The minimum atomic E-state index is -0.474. The van der Waals surface area contributed by atoms with Gasteiger partial charge in [0.05, 0.1) is 18.3 Å². The number of aryl methyl sites for hydroxylation is 1. The van der Waals surface area contributed by atoms with E-state index in [-0.39, 0.29) is 30.6 Å². The van der Waals surface area contributed by atoms with Gasteiger partial charge in [-0.25, -0.2) is 9.37 Å². The normalized spacial score (nSPS) is 15.9. The van der Waals surface area contributed by atoms with Gasteiger partial charge in [0.25, 0.3) is 5.56 Å². The molecule has 0 bridgehead atoms. The second-order valence-corrected chi connectivity index (χ2v) is 6.68. The summed E-state index contributed by atoms with van der Waals surface area (Å²) in [6.45, 7) is 1.80. The minimum Gasteiger partial charge on any atom is -0.465 e. The lowest BCUT2D eigenvalue weighted by Crippen LogP contribution is -2.34. The molecular weight excluding hydrogens is 357 g/mol. The van der Waals surface area contributed by atoms with Gasteiger partial charge < -0.3 is 10.1 Å². The van der Waals surface area contributed by atoms with Crippen molar-refractivity contribution in [3.8, 4) is 0 Å². The number of ether oxygens (including phenoxy) is 1. The molecule has 1 aromatic heterocycles. The number of anilines is 1. The van der Waals surface area contributed by atoms with Gasteiger partial charge >= 0.3 is 5.97 Å². The number of aromatic nitrogens is 2. The van der Waals surface area contributed by atoms with Crippen molar-refractivity contribution in [2.24, 2.45) is 0 Å². The lowest BCUT2D eigenvalue weighted by molar-refractivity contribution is -0.144. The van der Waals surface area contributed by atoms with Gasteiger partial charge in [0.15, 0.2) is 5.16 Å². The van der Waals surface area contributed by atoms with Crippen molar-refractivity contribution >= 4 is 23.4 Å². The Kier molecular flexibility index (Phi) is 5.61. The Bertz CT molecular complexity index is 867. The van der Waals surface area contributed by atoms with Crippen LogP contribution in [-0.2, 0) is 22.5 Å². The quantitative estimate of drug-likeness (QED) is 0.491. The summed E-state index contributed by atoms with van der Waals surface area (Å²) in [6.07, 6.45) is 3.20. The highest BCUT2D eigenvalue weighted by Crippen LogP contribution is 2.30. The summed E-state index contributed by atoms with van der Waals surface area (Å²) in [5.74, 6) is -0.773. The molecule has 0 radical (unpaired) electrons. The topological polar surface area (TPSA) is 73.2 Å². The van der Waals surface area contributed by atoms with Crippen LogP contribution in [0.15, 0.2) is 34.2 Å². The number of benzene rings is 1. The van der Waals surface area contributed by atoms with Crippen LogP contribution in [0.4, 0.5) is 10.1 Å². The van der Waals surface area contributed by atoms with Crippen molar-refractivity contribution in [1.82, 2.24) is 9.55 Å². The molecule has 1 aliphatic rings. The maximum absolute atomic E-state index is 13.1. The van der Waals surface area contributed by atoms with Crippen molar-refractivity contribution in [2.75, 3.05) is 18.2 Å². The standard InChI is InChI=1S/C18H20FN3O3S/c1-3-25-15(23)10-22-17(24)16-14(21-18(22)26-2)9-8-13(20-16)11-4-6-12(19)7-5-11/h4-7,13,20H,3,8-10H2,1-2H3/t13-/m1/s1. The first-order chi connectivity index (χ1) is 12.5. The smallest absolute Gasteiger partial charge is 0.326 e. The van der Waals surface area contributed by atoms with E-state index < -0.39 is 5.97 Å². The van der Waals surface area contributed by atoms with Gasteiger partial charge in [0, 0.05) is 0 Å². The van der Waals surface area contributed by atoms with Crippen molar-refractivity contribution in [2.45, 2.75) is 37.5 Å². The number of hydrogen-bond acceptors (Lipinski definition) is 6. The Morgan fingerprint density at radius 1 is 1.42 bits per heavy atom. The van der Waals surface area contributed by atoms with Crippen LogP contribution >= 0.6 is 11.8 Å². The van der Waals surface area contributed by atoms with Gasteiger partial charge in [-0.2, -0.15) is 0 Å². The van der Waals surface area contributed by atoms with Crippen LogP contribution in [0.1, 0.15) is 30.6 Å². The average molecular weight is 377 g/mol. The number of thioether (sulfide) groups is 1. The number of fused-ring (bicyclic) bond motifs is 1. The van der Waals surface area contributed by atoms with E-state index in [0.29, 0.717) is 23.0 Å². The van der Waals surface area contributed by atoms with Gasteiger partial charge in [-0.05, 0) is 43.7 Å². The molecule has 2 heterocycles. The van der Waals surface area contributed by atoms with Crippen LogP contribution in [0.5, 0.6) is 0 Å². The van der Waals surface area contributed by atoms with E-state index in [1.165, 1.54) is 28.5 Å². The van der Waals surface area contributed by atoms with Gasteiger partial charge in [0.2, 0.25) is 0 Å². The van der Waals surface area contributed by atoms with E-state index in [1.807, 2.05) is 6.26 Å². The fraction of sp³-hybridized carbons (Fsp3) is 0.389. The fourth-order valence-corrected chi connectivity index (χ4v) is 3.58. The number of esters is 1. The molecule has 1 aliphatic heterocycles. The van der Waals surface area contributed by atoms with Crippen LogP contribution in [0.2, 0.25) is 0 Å². The highest BCUT2D eigenvalue weighted by Gasteiger charge is 2.26. The summed E-state index contributed by atoms with van der Waals surface area (Å²) in [6, 6.07) is 6.12. The third kappa shape index (κ3) is 3.75. The Hall–Kier alpha value is -2.35. The SMILES string of the molecule is CCOC(=O)Cn1c(SC)nc2c(c1=O)N[C@@H](c1ccc(F)cc1)CC2. The Morgan fingerprint density at radius 3 is 2.81 bits per heavy atom. The molecule has 8 heteroatoms. The number of carbonyl (C=O) groups is 1. The molecule has 0 spiro atoms. The summed E-state index contributed by atoms with van der Waals surface area (Å²) in [4.78, 5) is 29.3. The molecule has 0 fully saturated rings. The van der Waals surface area contributed by atoms with Crippen molar-refractivity contribution in [3.63, 3.8) is 0 Å². The number of halogens is 1. The number of nitrogens with one attached hydrogen (secondary N) is 1. The Morgan fingerprint density at radius 2 is 2.15 bits per heavy atom. The Labute approximate surface area is 154 Å². The number of carbonyl (C=O) groups excluding carboxylic acids is 1. The fourth-order valence-electron chi connectivity index (χ4n) is 3.01. The lowest BCUT2D eigenvalue weighted by atomic mass is 9.96. The van der Waals surface area contributed by atoms with E-state index in [1.54, 1.807) is 19.1 Å². The average Bonchev–Trinajstić information content (AvgIpc) is 2.64. The summed E-state index contributed by atoms with van der Waals surface area (Å²) < 4.78 is 19.4. The van der Waals surface area contributed by atoms with Crippen LogP contribution < -0.4 is 10.9 Å². The first kappa shape index (κ1) is 18.4. The molecule has 0 saturated carbocycles. The summed E-state index contributed by atoms with van der Waals surface area (Å²) in [7, 11) is 0. The minimum absolute atomic E-state index is 0.103. The van der Waals surface area contributed by atoms with Crippen LogP contribution in [0, 0.1) is 5.82 Å². The number of nitrogens with zero attached hydrogens (tertiary/aromatic N) is 2. The van der Waals surface area contributed by atoms with E-state index in [2.05, 4.69) is 10.3 Å². The molecule has 0 amide bonds. The van der Waals surface area contributed by atoms with E-state index in [9.17, 15) is 14.0 Å². The van der Waals surface area contributed by atoms with Crippen molar-refractivity contribution in [1.29, 1.82) is 0 Å². The first-order valence-corrected chi connectivity index (χ1v) is 9.61. The highest BCUT2D eigenvalue weighted by molar-refractivity contribution is 7.98. The molecule has 1 aromatic carbocycles. The summed E-state index contributed by atoms with van der Waals surface area (Å²) >= 11 is 1.32. The first-order valence-electron chi connectivity index (χ1n) is 8.38. The van der Waals surface area contributed by atoms with Crippen LogP contribution in [0.25, 0.3) is 0 Å². The lowest BCUT2D eigenvalue weighted by Gasteiger charge is -2.27. The third-order valence-corrected chi connectivity index (χ3v) is 4.92. The van der Waals surface area contributed by atoms with Crippen molar-refractivity contribution in [3.05, 3.63) is 51.7 Å². The zero-order chi connectivity index (χ0) is 18.7. The second kappa shape index (κ2) is 7.90. The molecule has 0 saturated heterocycles. The van der Waals surface area contributed by atoms with Crippen LogP contribution in [0.3, 0.4) is 0 Å². The van der Waals surface area contributed by atoms with E-state index in [4.69, 9.17) is 4.74 Å². The maximum Gasteiger partial charge on any atom is 0.326 e. The van der Waals surface area contributed by atoms with E-state index in [0.717, 1.165) is 12.0 Å². The Balaban J connectivity index is 1.94. The second-order valence-electron chi connectivity index (χ2n) is 5.90. The maximum atomic E-state index is 13.1. The summed E-state index contributed by atoms with van der Waals surface area (Å²) in [5.41, 5.74) is 1.70. The molecule has 0 aliphatic carbocycles. The third-order valence-electron chi connectivity index (χ3n) is 4.24. The largest absolute Gasteiger partial charge is 0.465 e. The molecule has 1 atom stereocenters. The molecule has 26 heavy (non-hydrogen) atoms. The highest BCUT2D eigenvalue weighted by atomic mass is 32.2. The molecule has 0 unspecified atom stereocenters. The van der Waals surface area contributed by atoms with Crippen molar-refractivity contribution < 1.29 is 13.9 Å².